The standard InChI is InChI=1S/C16H20FN3O/c1-3-18-14-8-16(11-9-19-20(4-2)10-11)21-15-6-5-12(17)7-13(14)15/h5-7,9-10,14,16,18H,3-4,8H2,1-2H3. The summed E-state index contributed by atoms with van der Waals surface area (Å²) >= 11 is 0. The third-order valence-corrected chi connectivity index (χ3v) is 3.87. The minimum atomic E-state index is -0.225. The van der Waals surface area contributed by atoms with Gasteiger partial charge in [0.15, 0.2) is 0 Å². The maximum atomic E-state index is 13.5. The van der Waals surface area contributed by atoms with Crippen LogP contribution in [0.2, 0.25) is 0 Å². The van der Waals surface area contributed by atoms with E-state index in [2.05, 4.69) is 24.3 Å². The fourth-order valence-electron chi connectivity index (χ4n) is 2.80. The molecule has 112 valence electrons. The number of nitrogens with zero attached hydrogens (tertiary/aromatic N) is 2. The number of ether oxygens (including phenoxy) is 1. The lowest BCUT2D eigenvalue weighted by atomic mass is 9.94. The Labute approximate surface area is 123 Å². The van der Waals surface area contributed by atoms with Crippen LogP contribution in [-0.2, 0) is 6.54 Å². The SMILES string of the molecule is CCNC1CC(c2cnn(CC)c2)Oc2ccc(F)cc21. The number of aryl methyl sites for hydroxylation is 1. The van der Waals surface area contributed by atoms with Gasteiger partial charge < -0.3 is 10.1 Å². The van der Waals surface area contributed by atoms with Crippen LogP contribution in [0.3, 0.4) is 0 Å². The molecule has 21 heavy (non-hydrogen) atoms. The van der Waals surface area contributed by atoms with E-state index in [1.54, 1.807) is 12.1 Å². The molecule has 0 bridgehead atoms. The Morgan fingerprint density at radius 2 is 2.29 bits per heavy atom. The zero-order chi connectivity index (χ0) is 14.8. The van der Waals surface area contributed by atoms with Crippen molar-refractivity contribution in [3.05, 3.63) is 47.5 Å². The van der Waals surface area contributed by atoms with Gasteiger partial charge in [0.2, 0.25) is 0 Å². The highest BCUT2D eigenvalue weighted by molar-refractivity contribution is 5.39. The third kappa shape index (κ3) is 2.78. The number of nitrogens with one attached hydrogen (secondary N) is 1. The lowest BCUT2D eigenvalue weighted by molar-refractivity contribution is 0.151. The first-order chi connectivity index (χ1) is 10.2. The molecular weight excluding hydrogens is 269 g/mol. The summed E-state index contributed by atoms with van der Waals surface area (Å²) in [6, 6.07) is 4.82. The molecule has 1 aliphatic heterocycles. The van der Waals surface area contributed by atoms with E-state index in [4.69, 9.17) is 4.74 Å². The molecule has 2 aromatic rings. The van der Waals surface area contributed by atoms with E-state index in [0.717, 1.165) is 36.4 Å². The second-order valence-electron chi connectivity index (χ2n) is 5.26. The van der Waals surface area contributed by atoms with E-state index in [1.165, 1.54) is 6.07 Å². The minimum Gasteiger partial charge on any atom is -0.485 e. The van der Waals surface area contributed by atoms with Crippen LogP contribution < -0.4 is 10.1 Å². The van der Waals surface area contributed by atoms with Crippen LogP contribution in [0.4, 0.5) is 4.39 Å². The van der Waals surface area contributed by atoms with E-state index in [1.807, 2.05) is 17.1 Å². The smallest absolute Gasteiger partial charge is 0.129 e. The van der Waals surface area contributed by atoms with Crippen LogP contribution in [0, 0.1) is 5.82 Å². The largest absolute Gasteiger partial charge is 0.485 e. The van der Waals surface area contributed by atoms with Gasteiger partial charge in [-0.25, -0.2) is 4.39 Å². The number of hydrogen-bond acceptors (Lipinski definition) is 3. The number of aromatic nitrogens is 2. The summed E-state index contributed by atoms with van der Waals surface area (Å²) in [4.78, 5) is 0. The van der Waals surface area contributed by atoms with Gasteiger partial charge in [0.1, 0.15) is 17.7 Å². The van der Waals surface area contributed by atoms with Gasteiger partial charge in [0.25, 0.3) is 0 Å². The van der Waals surface area contributed by atoms with Gasteiger partial charge in [0.05, 0.1) is 6.20 Å². The number of halogens is 1. The van der Waals surface area contributed by atoms with Gasteiger partial charge >= 0.3 is 0 Å². The summed E-state index contributed by atoms with van der Waals surface area (Å²) in [6.45, 7) is 5.78. The van der Waals surface area contributed by atoms with Crippen molar-refractivity contribution in [2.75, 3.05) is 6.54 Å². The number of rotatable bonds is 4. The number of benzene rings is 1. The van der Waals surface area contributed by atoms with Crippen molar-refractivity contribution in [3.8, 4) is 5.75 Å². The highest BCUT2D eigenvalue weighted by Gasteiger charge is 2.29. The predicted molar refractivity (Wildman–Crippen MR) is 78.7 cm³/mol. The summed E-state index contributed by atoms with van der Waals surface area (Å²) in [7, 11) is 0. The molecule has 2 atom stereocenters. The predicted octanol–water partition coefficient (Wildman–Crippen LogP) is 3.22. The summed E-state index contributed by atoms with van der Waals surface area (Å²) in [5.74, 6) is 0.528. The van der Waals surface area contributed by atoms with Crippen LogP contribution in [0.25, 0.3) is 0 Å². The first-order valence-electron chi connectivity index (χ1n) is 7.43. The molecule has 5 heteroatoms. The van der Waals surface area contributed by atoms with Gasteiger partial charge in [-0.2, -0.15) is 5.10 Å². The molecule has 3 rings (SSSR count). The van der Waals surface area contributed by atoms with Crippen molar-refractivity contribution in [3.63, 3.8) is 0 Å². The molecule has 0 saturated heterocycles. The zero-order valence-electron chi connectivity index (χ0n) is 12.3. The van der Waals surface area contributed by atoms with E-state index < -0.39 is 0 Å². The minimum absolute atomic E-state index is 0.0488. The normalized spacial score (nSPS) is 20.9. The lowest BCUT2D eigenvalue weighted by Gasteiger charge is -2.32. The van der Waals surface area contributed by atoms with Crippen molar-refractivity contribution in [2.45, 2.75) is 39.0 Å². The van der Waals surface area contributed by atoms with Crippen LogP contribution >= 0.6 is 0 Å². The van der Waals surface area contributed by atoms with E-state index in [9.17, 15) is 4.39 Å². The molecule has 1 aromatic carbocycles. The van der Waals surface area contributed by atoms with Gasteiger partial charge in [-0.05, 0) is 31.7 Å². The van der Waals surface area contributed by atoms with Crippen molar-refractivity contribution >= 4 is 0 Å². The Bertz CT molecular complexity index is 626. The Morgan fingerprint density at radius 3 is 3.00 bits per heavy atom. The first kappa shape index (κ1) is 14.1. The molecule has 0 saturated carbocycles. The summed E-state index contributed by atoms with van der Waals surface area (Å²) in [6.07, 6.45) is 4.60. The van der Waals surface area contributed by atoms with Gasteiger partial charge in [-0.3, -0.25) is 4.68 Å². The van der Waals surface area contributed by atoms with Crippen LogP contribution in [-0.4, -0.2) is 16.3 Å². The lowest BCUT2D eigenvalue weighted by Crippen LogP contribution is -2.29. The second kappa shape index (κ2) is 5.85. The summed E-state index contributed by atoms with van der Waals surface area (Å²) < 4.78 is 21.4. The quantitative estimate of drug-likeness (QED) is 0.939. The van der Waals surface area contributed by atoms with Crippen LogP contribution in [0.5, 0.6) is 5.75 Å². The average molecular weight is 289 g/mol. The Balaban J connectivity index is 1.91. The molecule has 0 fully saturated rings. The number of fused-ring (bicyclic) bond motifs is 1. The number of hydrogen-bond donors (Lipinski definition) is 1. The highest BCUT2D eigenvalue weighted by Crippen LogP contribution is 2.40. The van der Waals surface area contributed by atoms with Crippen molar-refractivity contribution in [1.29, 1.82) is 0 Å². The maximum absolute atomic E-state index is 13.5. The highest BCUT2D eigenvalue weighted by atomic mass is 19.1. The molecule has 0 amide bonds. The maximum Gasteiger partial charge on any atom is 0.129 e. The van der Waals surface area contributed by atoms with Crippen molar-refractivity contribution in [2.24, 2.45) is 0 Å². The fraction of sp³-hybridized carbons (Fsp3) is 0.438. The van der Waals surface area contributed by atoms with Crippen LogP contribution in [0.1, 0.15) is 43.5 Å². The molecule has 4 nitrogen and oxygen atoms in total. The topological polar surface area (TPSA) is 39.1 Å². The van der Waals surface area contributed by atoms with Crippen LogP contribution in [0.15, 0.2) is 30.6 Å². The van der Waals surface area contributed by atoms with Crippen molar-refractivity contribution < 1.29 is 9.13 Å². The molecule has 1 aliphatic rings. The monoisotopic (exact) mass is 289 g/mol. The summed E-state index contributed by atoms with van der Waals surface area (Å²) in [5, 5.41) is 7.72. The molecular formula is C16H20FN3O. The van der Waals surface area contributed by atoms with E-state index in [-0.39, 0.29) is 18.0 Å². The van der Waals surface area contributed by atoms with E-state index >= 15 is 0 Å². The molecule has 2 heterocycles. The molecule has 2 unspecified atom stereocenters. The molecule has 0 radical (unpaired) electrons. The van der Waals surface area contributed by atoms with E-state index in [0.29, 0.717) is 0 Å². The fourth-order valence-corrected chi connectivity index (χ4v) is 2.80. The molecule has 0 aliphatic carbocycles. The zero-order valence-corrected chi connectivity index (χ0v) is 12.3. The Hall–Kier alpha value is -1.88. The average Bonchev–Trinajstić information content (AvgIpc) is 2.97. The van der Waals surface area contributed by atoms with Gasteiger partial charge in [-0.15, -0.1) is 0 Å². The summed E-state index contributed by atoms with van der Waals surface area (Å²) in [5.41, 5.74) is 1.96. The molecule has 0 spiro atoms. The molecule has 1 aromatic heterocycles. The Morgan fingerprint density at radius 1 is 1.43 bits per heavy atom. The second-order valence-corrected chi connectivity index (χ2v) is 5.26. The first-order valence-corrected chi connectivity index (χ1v) is 7.43. The van der Waals surface area contributed by atoms with Gasteiger partial charge in [-0.1, -0.05) is 6.92 Å². The Kier molecular flexibility index (Phi) is 3.92. The third-order valence-electron chi connectivity index (χ3n) is 3.87. The van der Waals surface area contributed by atoms with Crippen molar-refractivity contribution in [1.82, 2.24) is 15.1 Å². The molecule has 1 N–H and O–H groups in total. The van der Waals surface area contributed by atoms with Gasteiger partial charge in [0, 0.05) is 36.3 Å².